The van der Waals surface area contributed by atoms with Crippen molar-refractivity contribution in [2.45, 2.75) is 71.6 Å². The molecule has 1 aromatic rings. The van der Waals surface area contributed by atoms with E-state index in [9.17, 15) is 9.59 Å². The second-order valence-electron chi connectivity index (χ2n) is 8.40. The van der Waals surface area contributed by atoms with E-state index in [1.807, 2.05) is 26.8 Å². The number of aromatic nitrogens is 1. The molecule has 2 amide bonds. The van der Waals surface area contributed by atoms with Crippen LogP contribution in [0.2, 0.25) is 0 Å². The maximum atomic E-state index is 12.5. The van der Waals surface area contributed by atoms with Gasteiger partial charge in [-0.2, -0.15) is 0 Å². The van der Waals surface area contributed by atoms with E-state index < -0.39 is 17.3 Å². The normalized spacial score (nSPS) is 17.8. The van der Waals surface area contributed by atoms with Gasteiger partial charge in [-0.25, -0.2) is 14.6 Å². The van der Waals surface area contributed by atoms with Gasteiger partial charge in [-0.05, 0) is 60.5 Å². The minimum atomic E-state index is -0.602. The quantitative estimate of drug-likeness (QED) is 0.836. The largest absolute Gasteiger partial charge is 0.444 e. The number of likely N-dealkylation sites (tertiary alicyclic amines) is 1. The fourth-order valence-electron chi connectivity index (χ4n) is 2.82. The van der Waals surface area contributed by atoms with Crippen molar-refractivity contribution in [1.29, 1.82) is 0 Å². The first kappa shape index (κ1) is 20.0. The molecular formula is C19H29N3O4. The van der Waals surface area contributed by atoms with Crippen LogP contribution in [0.15, 0.2) is 18.3 Å². The van der Waals surface area contributed by atoms with Gasteiger partial charge in [-0.15, -0.1) is 0 Å². The Morgan fingerprint density at radius 2 is 1.81 bits per heavy atom. The summed E-state index contributed by atoms with van der Waals surface area (Å²) in [7, 11) is 0. The van der Waals surface area contributed by atoms with Gasteiger partial charge in [0.2, 0.25) is 0 Å². The van der Waals surface area contributed by atoms with E-state index >= 15 is 0 Å². The lowest BCUT2D eigenvalue weighted by atomic mass is 10.1. The van der Waals surface area contributed by atoms with Gasteiger partial charge < -0.3 is 14.4 Å². The zero-order valence-corrected chi connectivity index (χ0v) is 16.5. The molecular weight excluding hydrogens is 334 g/mol. The molecule has 7 nitrogen and oxygen atoms in total. The number of hydrogen-bond acceptors (Lipinski definition) is 5. The first-order valence-electron chi connectivity index (χ1n) is 8.91. The van der Waals surface area contributed by atoms with Gasteiger partial charge in [0.05, 0.1) is 6.04 Å². The van der Waals surface area contributed by atoms with Crippen LogP contribution in [0, 0.1) is 0 Å². The Labute approximate surface area is 155 Å². The highest BCUT2D eigenvalue weighted by molar-refractivity contribution is 5.84. The molecule has 1 saturated heterocycles. The number of nitrogens with zero attached hydrogens (tertiary/aromatic N) is 2. The first-order chi connectivity index (χ1) is 12.0. The lowest BCUT2D eigenvalue weighted by Gasteiger charge is -2.29. The van der Waals surface area contributed by atoms with E-state index in [1.54, 1.807) is 37.9 Å². The monoisotopic (exact) mass is 363 g/mol. The third-order valence-corrected chi connectivity index (χ3v) is 3.70. The molecule has 1 aromatic heterocycles. The van der Waals surface area contributed by atoms with Crippen molar-refractivity contribution in [3.8, 4) is 0 Å². The summed E-state index contributed by atoms with van der Waals surface area (Å²) in [6.45, 7) is 11.5. The fourth-order valence-corrected chi connectivity index (χ4v) is 2.82. The lowest BCUT2D eigenvalue weighted by molar-refractivity contribution is 0.0225. The van der Waals surface area contributed by atoms with Gasteiger partial charge in [-0.3, -0.25) is 5.32 Å². The topological polar surface area (TPSA) is 80.8 Å². The van der Waals surface area contributed by atoms with E-state index in [2.05, 4.69) is 10.3 Å². The van der Waals surface area contributed by atoms with E-state index in [-0.39, 0.29) is 12.1 Å². The molecule has 144 valence electrons. The second kappa shape index (κ2) is 7.51. The third kappa shape index (κ3) is 5.61. The predicted octanol–water partition coefficient (Wildman–Crippen LogP) is 4.50. The maximum absolute atomic E-state index is 12.5. The number of carbonyl (C=O) groups excluding carboxylic acids is 2. The van der Waals surface area contributed by atoms with Crippen molar-refractivity contribution >= 4 is 18.0 Å². The molecule has 0 unspecified atom stereocenters. The number of nitrogens with one attached hydrogen (secondary N) is 1. The number of hydrogen-bond donors (Lipinski definition) is 1. The molecule has 26 heavy (non-hydrogen) atoms. The van der Waals surface area contributed by atoms with E-state index in [1.165, 1.54) is 0 Å². The smallest absolute Gasteiger partial charge is 0.413 e. The Balaban J connectivity index is 2.20. The summed E-state index contributed by atoms with van der Waals surface area (Å²) >= 11 is 0. The molecule has 0 saturated carbocycles. The number of ether oxygens (including phenoxy) is 2. The zero-order chi connectivity index (χ0) is 19.5. The Kier molecular flexibility index (Phi) is 5.78. The average molecular weight is 363 g/mol. The van der Waals surface area contributed by atoms with Crippen LogP contribution in [0.5, 0.6) is 0 Å². The molecule has 7 heteroatoms. The summed E-state index contributed by atoms with van der Waals surface area (Å²) in [5.41, 5.74) is -0.382. The van der Waals surface area contributed by atoms with Crippen molar-refractivity contribution in [2.24, 2.45) is 0 Å². The number of amides is 2. The van der Waals surface area contributed by atoms with Crippen LogP contribution < -0.4 is 5.32 Å². The van der Waals surface area contributed by atoms with Gasteiger partial charge in [0.25, 0.3) is 0 Å². The molecule has 1 aliphatic heterocycles. The van der Waals surface area contributed by atoms with Gasteiger partial charge in [0.15, 0.2) is 0 Å². The summed E-state index contributed by atoms with van der Waals surface area (Å²) in [4.78, 5) is 30.6. The van der Waals surface area contributed by atoms with Crippen LogP contribution in [-0.2, 0) is 9.47 Å². The van der Waals surface area contributed by atoms with Crippen molar-refractivity contribution < 1.29 is 19.1 Å². The second-order valence-corrected chi connectivity index (χ2v) is 8.40. The maximum Gasteiger partial charge on any atom is 0.413 e. The number of anilines is 1. The standard InChI is InChI=1S/C19H29N3O4/c1-18(2,3)25-16(23)21-15-13(9-7-11-20-15)14-10-8-12-22(14)17(24)26-19(4,5)6/h7,9,11,14H,8,10,12H2,1-6H3,(H,20,21,23)/t14-/m0/s1. The average Bonchev–Trinajstić information content (AvgIpc) is 2.93. The van der Waals surface area contributed by atoms with Crippen molar-refractivity contribution in [2.75, 3.05) is 11.9 Å². The van der Waals surface area contributed by atoms with Gasteiger partial charge >= 0.3 is 12.2 Å². The van der Waals surface area contributed by atoms with E-state index in [4.69, 9.17) is 9.47 Å². The van der Waals surface area contributed by atoms with Crippen molar-refractivity contribution in [3.63, 3.8) is 0 Å². The van der Waals surface area contributed by atoms with Crippen LogP contribution in [0.4, 0.5) is 15.4 Å². The summed E-state index contributed by atoms with van der Waals surface area (Å²) in [5.74, 6) is 0.405. The molecule has 2 heterocycles. The SMILES string of the molecule is CC(C)(C)OC(=O)Nc1ncccc1[C@@H]1CCCN1C(=O)OC(C)(C)C. The highest BCUT2D eigenvalue weighted by atomic mass is 16.6. The molecule has 0 aromatic carbocycles. The highest BCUT2D eigenvalue weighted by Crippen LogP contribution is 2.36. The lowest BCUT2D eigenvalue weighted by Crippen LogP contribution is -2.36. The summed E-state index contributed by atoms with van der Waals surface area (Å²) in [6.07, 6.45) is 2.33. The van der Waals surface area contributed by atoms with Crippen LogP contribution in [0.25, 0.3) is 0 Å². The Bertz CT molecular complexity index is 661. The minimum absolute atomic E-state index is 0.191. The van der Waals surface area contributed by atoms with Crippen LogP contribution in [-0.4, -0.2) is 39.8 Å². The first-order valence-corrected chi connectivity index (χ1v) is 8.91. The molecule has 1 N–H and O–H groups in total. The zero-order valence-electron chi connectivity index (χ0n) is 16.5. The number of rotatable bonds is 2. The van der Waals surface area contributed by atoms with Crippen LogP contribution in [0.1, 0.15) is 66.0 Å². The van der Waals surface area contributed by atoms with Crippen molar-refractivity contribution in [3.05, 3.63) is 23.9 Å². The molecule has 0 radical (unpaired) electrons. The third-order valence-electron chi connectivity index (χ3n) is 3.70. The van der Waals surface area contributed by atoms with Crippen molar-refractivity contribution in [1.82, 2.24) is 9.88 Å². The van der Waals surface area contributed by atoms with Gasteiger partial charge in [-0.1, -0.05) is 6.07 Å². The molecule has 0 aliphatic carbocycles. The van der Waals surface area contributed by atoms with Gasteiger partial charge in [0.1, 0.15) is 17.0 Å². The fraction of sp³-hybridized carbons (Fsp3) is 0.632. The molecule has 1 atom stereocenters. The minimum Gasteiger partial charge on any atom is -0.444 e. The summed E-state index contributed by atoms with van der Waals surface area (Å²) < 4.78 is 10.8. The molecule has 0 bridgehead atoms. The number of carbonyl (C=O) groups is 2. The molecule has 0 spiro atoms. The van der Waals surface area contributed by atoms with Gasteiger partial charge in [0, 0.05) is 18.3 Å². The van der Waals surface area contributed by atoms with E-state index in [0.717, 1.165) is 18.4 Å². The Hall–Kier alpha value is -2.31. The molecule has 1 aliphatic rings. The summed E-state index contributed by atoms with van der Waals surface area (Å²) in [5, 5.41) is 2.70. The number of pyridine rings is 1. The molecule has 1 fully saturated rings. The van der Waals surface area contributed by atoms with Crippen LogP contribution in [0.3, 0.4) is 0 Å². The highest BCUT2D eigenvalue weighted by Gasteiger charge is 2.35. The summed E-state index contributed by atoms with van der Waals surface area (Å²) in [6, 6.07) is 3.47. The van der Waals surface area contributed by atoms with Crippen LogP contribution >= 0.6 is 0 Å². The Morgan fingerprint density at radius 1 is 1.15 bits per heavy atom. The molecule has 2 rings (SSSR count). The predicted molar refractivity (Wildman–Crippen MR) is 99.0 cm³/mol. The van der Waals surface area contributed by atoms with E-state index in [0.29, 0.717) is 12.4 Å². The Morgan fingerprint density at radius 3 is 2.42 bits per heavy atom.